The number of amides is 1. The largest absolute Gasteiger partial charge is 0.320 e. The Hall–Kier alpha value is -4.72. The second-order valence-corrected chi connectivity index (χ2v) is 8.93. The van der Waals surface area contributed by atoms with Crippen LogP contribution in [-0.2, 0) is 6.54 Å². The number of rotatable bonds is 7. The number of H-pyrrole nitrogens is 1. The molecule has 8 nitrogen and oxygen atoms in total. The molecule has 8 heteroatoms. The zero-order valence-corrected chi connectivity index (χ0v) is 20.5. The molecule has 0 saturated carbocycles. The molecule has 0 aliphatic carbocycles. The van der Waals surface area contributed by atoms with Crippen molar-refractivity contribution >= 4 is 28.1 Å². The van der Waals surface area contributed by atoms with Crippen LogP contribution in [0.15, 0.2) is 91.1 Å². The van der Waals surface area contributed by atoms with E-state index in [-0.39, 0.29) is 5.91 Å². The zero-order chi connectivity index (χ0) is 25.2. The molecule has 0 fully saturated rings. The van der Waals surface area contributed by atoms with Gasteiger partial charge in [-0.3, -0.25) is 19.0 Å². The number of allylic oxidation sites excluding steroid dienone is 5. The summed E-state index contributed by atoms with van der Waals surface area (Å²) < 4.78 is 3.69. The minimum absolute atomic E-state index is 0.243. The molecule has 36 heavy (non-hydrogen) atoms. The third kappa shape index (κ3) is 4.48. The molecule has 0 radical (unpaired) electrons. The molecular formula is C28H27N7O. The summed E-state index contributed by atoms with van der Waals surface area (Å²) in [7, 11) is 0. The molecule has 0 saturated heterocycles. The first-order valence-electron chi connectivity index (χ1n) is 11.6. The second kappa shape index (κ2) is 9.50. The van der Waals surface area contributed by atoms with Crippen molar-refractivity contribution in [1.82, 2.24) is 29.4 Å². The minimum Gasteiger partial charge on any atom is -0.320 e. The Balaban J connectivity index is 1.41. The SMILES string of the molecule is C=C(/C=C\C=C(C)C)Cn1nc(C)c2c(NC(=O)c3cnc4cc(-c5cn[nH]c5)ccn34)cccc21. The molecule has 4 heterocycles. The highest BCUT2D eigenvalue weighted by atomic mass is 16.1. The van der Waals surface area contributed by atoms with Crippen molar-refractivity contribution in [2.24, 2.45) is 0 Å². The molecule has 1 amide bonds. The molecule has 2 N–H and O–H groups in total. The van der Waals surface area contributed by atoms with E-state index in [1.165, 1.54) is 5.57 Å². The van der Waals surface area contributed by atoms with Crippen LogP contribution in [0.2, 0.25) is 0 Å². The summed E-state index contributed by atoms with van der Waals surface area (Å²) in [6, 6.07) is 9.68. The summed E-state index contributed by atoms with van der Waals surface area (Å²) in [5.74, 6) is -0.243. The lowest BCUT2D eigenvalue weighted by Crippen LogP contribution is -2.14. The molecule has 180 valence electrons. The number of nitrogens with one attached hydrogen (secondary N) is 2. The highest BCUT2D eigenvalue weighted by molar-refractivity contribution is 6.08. The predicted octanol–water partition coefficient (Wildman–Crippen LogP) is 5.71. The van der Waals surface area contributed by atoms with Crippen LogP contribution < -0.4 is 5.32 Å². The lowest BCUT2D eigenvalue weighted by atomic mass is 10.1. The third-order valence-electron chi connectivity index (χ3n) is 5.89. The smallest absolute Gasteiger partial charge is 0.274 e. The average Bonchev–Trinajstić information content (AvgIpc) is 3.58. The third-order valence-corrected chi connectivity index (χ3v) is 5.89. The van der Waals surface area contributed by atoms with E-state index in [4.69, 9.17) is 5.10 Å². The predicted molar refractivity (Wildman–Crippen MR) is 143 cm³/mol. The van der Waals surface area contributed by atoms with Gasteiger partial charge in [0.05, 0.1) is 35.8 Å². The first-order chi connectivity index (χ1) is 17.4. The molecule has 0 aliphatic heterocycles. The number of pyridine rings is 1. The van der Waals surface area contributed by atoms with Crippen LogP contribution in [0, 0.1) is 6.92 Å². The normalized spacial score (nSPS) is 11.4. The van der Waals surface area contributed by atoms with Crippen LogP contribution >= 0.6 is 0 Å². The van der Waals surface area contributed by atoms with E-state index in [1.54, 1.807) is 16.8 Å². The first kappa shape index (κ1) is 23.0. The lowest BCUT2D eigenvalue weighted by molar-refractivity contribution is 0.102. The van der Waals surface area contributed by atoms with Crippen LogP contribution in [0.4, 0.5) is 5.69 Å². The number of carbonyl (C=O) groups excluding carboxylic acids is 1. The van der Waals surface area contributed by atoms with Gasteiger partial charge < -0.3 is 5.32 Å². The van der Waals surface area contributed by atoms with Crippen molar-refractivity contribution in [2.75, 3.05) is 5.32 Å². The van der Waals surface area contributed by atoms with Gasteiger partial charge in [-0.25, -0.2) is 4.98 Å². The van der Waals surface area contributed by atoms with Gasteiger partial charge in [0.1, 0.15) is 11.3 Å². The Morgan fingerprint density at radius 3 is 2.83 bits per heavy atom. The second-order valence-electron chi connectivity index (χ2n) is 8.93. The number of imidazole rings is 1. The topological polar surface area (TPSA) is 92.9 Å². The van der Waals surface area contributed by atoms with E-state index in [1.807, 2.05) is 72.6 Å². The molecule has 0 unspecified atom stereocenters. The standard InChI is InChI=1S/C28H27N7O/c1-18(2)7-5-8-19(3)17-35-24-10-6-9-23(27(24)20(4)33-35)32-28(36)25-16-29-26-13-21(11-12-34(25)26)22-14-30-31-15-22/h5-16H,3,17H2,1-2,4H3,(H,30,31)(H,32,36)/b8-5-. The van der Waals surface area contributed by atoms with Crippen LogP contribution in [0.5, 0.6) is 0 Å². The molecule has 0 atom stereocenters. The van der Waals surface area contributed by atoms with Gasteiger partial charge >= 0.3 is 0 Å². The van der Waals surface area contributed by atoms with Gasteiger partial charge in [-0.2, -0.15) is 10.2 Å². The number of hydrogen-bond acceptors (Lipinski definition) is 4. The fraction of sp³-hybridized carbons (Fsp3) is 0.143. The van der Waals surface area contributed by atoms with Crippen LogP contribution in [-0.4, -0.2) is 35.3 Å². The lowest BCUT2D eigenvalue weighted by Gasteiger charge is -2.08. The highest BCUT2D eigenvalue weighted by Gasteiger charge is 2.17. The number of aromatic nitrogens is 6. The first-order valence-corrected chi connectivity index (χ1v) is 11.6. The number of fused-ring (bicyclic) bond motifs is 2. The zero-order valence-electron chi connectivity index (χ0n) is 20.5. The van der Waals surface area contributed by atoms with E-state index >= 15 is 0 Å². The van der Waals surface area contributed by atoms with E-state index in [2.05, 4.69) is 40.9 Å². The van der Waals surface area contributed by atoms with Crippen molar-refractivity contribution < 1.29 is 4.79 Å². The van der Waals surface area contributed by atoms with Crippen LogP contribution in [0.1, 0.15) is 30.0 Å². The van der Waals surface area contributed by atoms with Crippen LogP contribution in [0.3, 0.4) is 0 Å². The van der Waals surface area contributed by atoms with Gasteiger partial charge in [-0.05, 0) is 56.2 Å². The molecule has 0 spiro atoms. The Morgan fingerprint density at radius 2 is 2.06 bits per heavy atom. The quantitative estimate of drug-likeness (QED) is 0.294. The molecule has 1 aromatic carbocycles. The fourth-order valence-corrected chi connectivity index (χ4v) is 4.19. The van der Waals surface area contributed by atoms with Crippen molar-refractivity contribution in [2.45, 2.75) is 27.3 Å². The number of anilines is 1. The maximum Gasteiger partial charge on any atom is 0.274 e. The van der Waals surface area contributed by atoms with Gasteiger partial charge in [0.15, 0.2) is 0 Å². The van der Waals surface area contributed by atoms with Gasteiger partial charge in [0, 0.05) is 23.3 Å². The van der Waals surface area contributed by atoms with Gasteiger partial charge in [-0.1, -0.05) is 36.4 Å². The van der Waals surface area contributed by atoms with Gasteiger partial charge in [0.2, 0.25) is 0 Å². The van der Waals surface area contributed by atoms with Crippen molar-refractivity contribution in [3.63, 3.8) is 0 Å². The van der Waals surface area contributed by atoms with Crippen LogP contribution in [0.25, 0.3) is 27.7 Å². The summed E-state index contributed by atoms with van der Waals surface area (Å²) >= 11 is 0. The molecular weight excluding hydrogens is 450 g/mol. The molecule has 4 aromatic heterocycles. The van der Waals surface area contributed by atoms with E-state index in [0.29, 0.717) is 23.6 Å². The fourth-order valence-electron chi connectivity index (χ4n) is 4.19. The number of benzene rings is 1. The molecule has 5 aromatic rings. The van der Waals surface area contributed by atoms with Crippen molar-refractivity contribution in [3.05, 3.63) is 102 Å². The number of nitrogens with zero attached hydrogens (tertiary/aromatic N) is 5. The minimum atomic E-state index is -0.243. The number of aryl methyl sites for hydroxylation is 1. The maximum atomic E-state index is 13.3. The van der Waals surface area contributed by atoms with E-state index in [0.717, 1.165) is 33.3 Å². The highest BCUT2D eigenvalue weighted by Crippen LogP contribution is 2.28. The van der Waals surface area contributed by atoms with E-state index in [9.17, 15) is 4.79 Å². The molecule has 0 aliphatic rings. The maximum absolute atomic E-state index is 13.3. The summed E-state index contributed by atoms with van der Waals surface area (Å²) in [5.41, 5.74) is 7.70. The summed E-state index contributed by atoms with van der Waals surface area (Å²) in [6.07, 6.45) is 13.0. The van der Waals surface area contributed by atoms with Gasteiger partial charge in [0.25, 0.3) is 5.91 Å². The summed E-state index contributed by atoms with van der Waals surface area (Å²) in [4.78, 5) is 17.7. The summed E-state index contributed by atoms with van der Waals surface area (Å²) in [5, 5.41) is 15.5. The number of aromatic amines is 1. The Kier molecular flexibility index (Phi) is 6.08. The Morgan fingerprint density at radius 1 is 1.19 bits per heavy atom. The Bertz CT molecular complexity index is 1640. The molecule has 0 bridgehead atoms. The Labute approximate surface area is 208 Å². The van der Waals surface area contributed by atoms with E-state index < -0.39 is 0 Å². The number of carbonyl (C=O) groups is 1. The average molecular weight is 478 g/mol. The van der Waals surface area contributed by atoms with Gasteiger partial charge in [-0.15, -0.1) is 0 Å². The molecule has 5 rings (SSSR count). The monoisotopic (exact) mass is 477 g/mol. The van der Waals surface area contributed by atoms with Crippen molar-refractivity contribution in [3.8, 4) is 11.1 Å². The number of hydrogen-bond donors (Lipinski definition) is 2. The van der Waals surface area contributed by atoms with Crippen molar-refractivity contribution in [1.29, 1.82) is 0 Å². The summed E-state index contributed by atoms with van der Waals surface area (Å²) in [6.45, 7) is 10.8.